The van der Waals surface area contributed by atoms with Crippen molar-refractivity contribution in [2.24, 2.45) is 5.92 Å². The van der Waals surface area contributed by atoms with Crippen molar-refractivity contribution in [3.63, 3.8) is 0 Å². The second-order valence-corrected chi connectivity index (χ2v) is 5.86. The molecule has 1 saturated carbocycles. The van der Waals surface area contributed by atoms with Crippen LogP contribution in [0.1, 0.15) is 57.7 Å². The molecule has 1 aliphatic rings. The van der Waals surface area contributed by atoms with Gasteiger partial charge in [0, 0.05) is 18.5 Å². The Bertz CT molecular complexity index is 387. The molecule has 0 aliphatic heterocycles. The molecule has 100 valence electrons. The zero-order chi connectivity index (χ0) is 13.0. The Labute approximate surface area is 114 Å². The molecule has 1 aliphatic carbocycles. The topological polar surface area (TPSA) is 37.8 Å². The van der Waals surface area contributed by atoms with E-state index in [0.717, 1.165) is 24.1 Å². The Kier molecular flexibility index (Phi) is 4.81. The molecule has 3 nitrogen and oxygen atoms in total. The summed E-state index contributed by atoms with van der Waals surface area (Å²) in [6, 6.07) is 1.82. The van der Waals surface area contributed by atoms with Gasteiger partial charge in [0.2, 0.25) is 0 Å². The van der Waals surface area contributed by atoms with E-state index in [1.807, 2.05) is 6.07 Å². The first-order valence-corrected chi connectivity index (χ1v) is 7.31. The summed E-state index contributed by atoms with van der Waals surface area (Å²) >= 11 is 6.02. The average Bonchev–Trinajstić information content (AvgIpc) is 2.37. The van der Waals surface area contributed by atoms with Gasteiger partial charge in [-0.2, -0.15) is 0 Å². The number of aromatic nitrogens is 2. The lowest BCUT2D eigenvalue weighted by Crippen LogP contribution is -2.18. The number of anilines is 1. The number of rotatable bonds is 4. The van der Waals surface area contributed by atoms with Gasteiger partial charge in [-0.15, -0.1) is 0 Å². The van der Waals surface area contributed by atoms with E-state index in [4.69, 9.17) is 11.6 Å². The van der Waals surface area contributed by atoms with Gasteiger partial charge < -0.3 is 5.32 Å². The van der Waals surface area contributed by atoms with E-state index in [9.17, 15) is 0 Å². The van der Waals surface area contributed by atoms with E-state index in [0.29, 0.717) is 11.1 Å². The highest BCUT2D eigenvalue weighted by atomic mass is 35.5. The van der Waals surface area contributed by atoms with Crippen LogP contribution in [0.4, 0.5) is 5.82 Å². The minimum atomic E-state index is 0.305. The Morgan fingerprint density at radius 2 is 2.00 bits per heavy atom. The zero-order valence-electron chi connectivity index (χ0n) is 11.2. The van der Waals surface area contributed by atoms with Crippen LogP contribution in [0.25, 0.3) is 0 Å². The standard InChI is InChI=1S/C14H22ClN3/c1-10(2)14-17-12(15)8-13(18-14)16-9-11-6-4-3-5-7-11/h8,10-11H,3-7,9H2,1-2H3,(H,16,17,18). The van der Waals surface area contributed by atoms with Crippen LogP contribution < -0.4 is 5.32 Å². The zero-order valence-corrected chi connectivity index (χ0v) is 12.0. The van der Waals surface area contributed by atoms with Crippen molar-refractivity contribution < 1.29 is 0 Å². The molecule has 0 unspecified atom stereocenters. The maximum absolute atomic E-state index is 6.02. The Morgan fingerprint density at radius 1 is 1.28 bits per heavy atom. The fraction of sp³-hybridized carbons (Fsp3) is 0.714. The molecule has 1 aromatic rings. The van der Waals surface area contributed by atoms with Crippen molar-refractivity contribution in [2.45, 2.75) is 51.9 Å². The van der Waals surface area contributed by atoms with Gasteiger partial charge in [0.25, 0.3) is 0 Å². The molecule has 0 spiro atoms. The van der Waals surface area contributed by atoms with Crippen LogP contribution in [0.15, 0.2) is 6.07 Å². The molecule has 18 heavy (non-hydrogen) atoms. The van der Waals surface area contributed by atoms with E-state index in [-0.39, 0.29) is 0 Å². The highest BCUT2D eigenvalue weighted by Crippen LogP contribution is 2.24. The van der Waals surface area contributed by atoms with E-state index >= 15 is 0 Å². The van der Waals surface area contributed by atoms with Gasteiger partial charge in [0.1, 0.15) is 16.8 Å². The first kappa shape index (κ1) is 13.6. The third-order valence-corrected chi connectivity index (χ3v) is 3.72. The second kappa shape index (κ2) is 6.37. The van der Waals surface area contributed by atoms with Crippen LogP contribution in [0, 0.1) is 5.92 Å². The molecule has 0 amide bonds. The van der Waals surface area contributed by atoms with E-state index in [1.165, 1.54) is 32.1 Å². The second-order valence-electron chi connectivity index (χ2n) is 5.47. The molecule has 2 rings (SSSR count). The van der Waals surface area contributed by atoms with E-state index in [1.54, 1.807) is 0 Å². The number of nitrogens with one attached hydrogen (secondary N) is 1. The minimum absolute atomic E-state index is 0.305. The maximum Gasteiger partial charge on any atom is 0.135 e. The summed E-state index contributed by atoms with van der Waals surface area (Å²) in [5.41, 5.74) is 0. The predicted octanol–water partition coefficient (Wildman–Crippen LogP) is 4.25. The van der Waals surface area contributed by atoms with Crippen LogP contribution in [0.5, 0.6) is 0 Å². The molecule has 0 bridgehead atoms. The van der Waals surface area contributed by atoms with Crippen molar-refractivity contribution in [3.8, 4) is 0 Å². The molecule has 1 aromatic heterocycles. The lowest BCUT2D eigenvalue weighted by Gasteiger charge is -2.22. The fourth-order valence-corrected chi connectivity index (χ4v) is 2.61. The summed E-state index contributed by atoms with van der Waals surface area (Å²) in [6.45, 7) is 5.16. The number of hydrogen-bond donors (Lipinski definition) is 1. The van der Waals surface area contributed by atoms with Crippen LogP contribution in [-0.2, 0) is 0 Å². The van der Waals surface area contributed by atoms with Gasteiger partial charge in [-0.05, 0) is 18.8 Å². The summed E-state index contributed by atoms with van der Waals surface area (Å²) in [7, 11) is 0. The van der Waals surface area contributed by atoms with Crippen LogP contribution in [0.3, 0.4) is 0 Å². The predicted molar refractivity (Wildman–Crippen MR) is 76.2 cm³/mol. The normalized spacial score (nSPS) is 17.1. The maximum atomic E-state index is 6.02. The highest BCUT2D eigenvalue weighted by Gasteiger charge is 2.14. The molecule has 4 heteroatoms. The fourth-order valence-electron chi connectivity index (χ4n) is 2.42. The molecule has 1 fully saturated rings. The van der Waals surface area contributed by atoms with Crippen molar-refractivity contribution in [3.05, 3.63) is 17.0 Å². The van der Waals surface area contributed by atoms with Gasteiger partial charge in [-0.3, -0.25) is 0 Å². The van der Waals surface area contributed by atoms with Crippen molar-refractivity contribution in [1.29, 1.82) is 0 Å². The molecule has 0 atom stereocenters. The summed E-state index contributed by atoms with van der Waals surface area (Å²) in [5, 5.41) is 3.94. The Hall–Kier alpha value is -0.830. The Morgan fingerprint density at radius 3 is 2.67 bits per heavy atom. The summed E-state index contributed by atoms with van der Waals surface area (Å²) in [5.74, 6) is 2.77. The van der Waals surface area contributed by atoms with Gasteiger partial charge in [-0.25, -0.2) is 9.97 Å². The van der Waals surface area contributed by atoms with E-state index in [2.05, 4.69) is 29.1 Å². The lowest BCUT2D eigenvalue weighted by atomic mass is 9.89. The molecule has 0 saturated heterocycles. The average molecular weight is 268 g/mol. The van der Waals surface area contributed by atoms with Gasteiger partial charge in [0.15, 0.2) is 0 Å². The lowest BCUT2D eigenvalue weighted by molar-refractivity contribution is 0.373. The largest absolute Gasteiger partial charge is 0.370 e. The molecule has 0 radical (unpaired) electrons. The summed E-state index contributed by atoms with van der Waals surface area (Å²) < 4.78 is 0. The molecular formula is C14H22ClN3. The van der Waals surface area contributed by atoms with Gasteiger partial charge in [0.05, 0.1) is 0 Å². The summed E-state index contributed by atoms with van der Waals surface area (Å²) in [4.78, 5) is 8.75. The first-order chi connectivity index (χ1) is 8.65. The number of hydrogen-bond acceptors (Lipinski definition) is 3. The van der Waals surface area contributed by atoms with E-state index < -0.39 is 0 Å². The van der Waals surface area contributed by atoms with Crippen LogP contribution >= 0.6 is 11.6 Å². The molecule has 1 heterocycles. The van der Waals surface area contributed by atoms with Crippen molar-refractivity contribution >= 4 is 17.4 Å². The first-order valence-electron chi connectivity index (χ1n) is 6.93. The van der Waals surface area contributed by atoms with Crippen molar-refractivity contribution in [2.75, 3.05) is 11.9 Å². The smallest absolute Gasteiger partial charge is 0.135 e. The highest BCUT2D eigenvalue weighted by molar-refractivity contribution is 6.29. The third-order valence-electron chi connectivity index (χ3n) is 3.53. The van der Waals surface area contributed by atoms with Gasteiger partial charge in [-0.1, -0.05) is 44.7 Å². The SMILES string of the molecule is CC(C)c1nc(Cl)cc(NCC2CCCCC2)n1. The minimum Gasteiger partial charge on any atom is -0.370 e. The Balaban J connectivity index is 1.95. The number of halogens is 1. The molecule has 0 aromatic carbocycles. The molecule has 1 N–H and O–H groups in total. The monoisotopic (exact) mass is 267 g/mol. The summed E-state index contributed by atoms with van der Waals surface area (Å²) in [6.07, 6.45) is 6.81. The third kappa shape index (κ3) is 3.84. The van der Waals surface area contributed by atoms with Crippen LogP contribution in [0.2, 0.25) is 5.15 Å². The number of nitrogens with zero attached hydrogens (tertiary/aromatic N) is 2. The quantitative estimate of drug-likeness (QED) is 0.829. The van der Waals surface area contributed by atoms with Crippen LogP contribution in [-0.4, -0.2) is 16.5 Å². The van der Waals surface area contributed by atoms with Gasteiger partial charge >= 0.3 is 0 Å². The van der Waals surface area contributed by atoms with Crippen molar-refractivity contribution in [1.82, 2.24) is 9.97 Å². The molecular weight excluding hydrogens is 246 g/mol.